The quantitative estimate of drug-likeness (QED) is 0.631. The van der Waals surface area contributed by atoms with Crippen molar-refractivity contribution in [3.8, 4) is 0 Å². The van der Waals surface area contributed by atoms with Crippen LogP contribution < -0.4 is 0 Å². The Morgan fingerprint density at radius 1 is 1.53 bits per heavy atom. The van der Waals surface area contributed by atoms with Gasteiger partial charge in [-0.15, -0.1) is 23.1 Å². The van der Waals surface area contributed by atoms with Gasteiger partial charge in [0.1, 0.15) is 0 Å². The van der Waals surface area contributed by atoms with E-state index in [1.165, 1.54) is 7.11 Å². The summed E-state index contributed by atoms with van der Waals surface area (Å²) in [7, 11) is 1.40. The van der Waals surface area contributed by atoms with Crippen molar-refractivity contribution in [3.63, 3.8) is 0 Å². The van der Waals surface area contributed by atoms with Crippen LogP contribution in [0.25, 0.3) is 0 Å². The van der Waals surface area contributed by atoms with Crippen molar-refractivity contribution in [1.29, 1.82) is 0 Å². The standard InChI is InChI=1S/C13H17NO3S2/c1-9-6-14(7-10(9)13(16)17-2)11(15)8-19-12-4-3-5-18-12/h3-5,9-10H,6-8H2,1-2H3. The second-order valence-corrected chi connectivity index (χ2v) is 6.85. The van der Waals surface area contributed by atoms with Gasteiger partial charge >= 0.3 is 5.97 Å². The Bertz CT molecular complexity index is 447. The van der Waals surface area contributed by atoms with Crippen LogP contribution in [-0.4, -0.2) is 42.7 Å². The zero-order valence-corrected chi connectivity index (χ0v) is 12.6. The Labute approximate surface area is 121 Å². The fourth-order valence-corrected chi connectivity index (χ4v) is 3.89. The van der Waals surface area contributed by atoms with Gasteiger partial charge in [-0.05, 0) is 17.4 Å². The van der Waals surface area contributed by atoms with Crippen LogP contribution in [0, 0.1) is 11.8 Å². The fraction of sp³-hybridized carbons (Fsp3) is 0.538. The van der Waals surface area contributed by atoms with Gasteiger partial charge in [-0.25, -0.2) is 0 Å². The second kappa shape index (κ2) is 6.43. The Hall–Kier alpha value is -1.01. The van der Waals surface area contributed by atoms with Gasteiger partial charge in [0.25, 0.3) is 0 Å². The molecule has 6 heteroatoms. The predicted octanol–water partition coefficient (Wildman–Crippen LogP) is 2.11. The van der Waals surface area contributed by atoms with Gasteiger partial charge in [0, 0.05) is 13.1 Å². The molecule has 19 heavy (non-hydrogen) atoms. The summed E-state index contributed by atoms with van der Waals surface area (Å²) in [6.45, 7) is 3.11. The molecule has 1 fully saturated rings. The first kappa shape index (κ1) is 14.4. The number of nitrogens with zero attached hydrogens (tertiary/aromatic N) is 1. The average Bonchev–Trinajstić information content (AvgIpc) is 3.04. The number of likely N-dealkylation sites (tertiary alicyclic amines) is 1. The molecule has 0 aromatic carbocycles. The molecule has 1 aliphatic heterocycles. The maximum Gasteiger partial charge on any atom is 0.310 e. The number of carbonyl (C=O) groups excluding carboxylic acids is 2. The zero-order chi connectivity index (χ0) is 13.8. The molecule has 1 aromatic heterocycles. The van der Waals surface area contributed by atoms with Crippen LogP contribution in [-0.2, 0) is 14.3 Å². The molecule has 1 saturated heterocycles. The van der Waals surface area contributed by atoms with Crippen molar-refractivity contribution >= 4 is 35.0 Å². The number of hydrogen-bond donors (Lipinski definition) is 0. The lowest BCUT2D eigenvalue weighted by molar-refractivity contribution is -0.146. The third-order valence-corrected chi connectivity index (χ3v) is 5.42. The Morgan fingerprint density at radius 2 is 2.32 bits per heavy atom. The molecule has 2 unspecified atom stereocenters. The number of ether oxygens (including phenoxy) is 1. The summed E-state index contributed by atoms with van der Waals surface area (Å²) >= 11 is 3.18. The first-order valence-corrected chi connectivity index (χ1v) is 8.00. The molecule has 104 valence electrons. The fourth-order valence-electron chi connectivity index (χ4n) is 2.20. The summed E-state index contributed by atoms with van der Waals surface area (Å²) in [6.07, 6.45) is 0. The maximum absolute atomic E-state index is 12.1. The molecule has 0 saturated carbocycles. The van der Waals surface area contributed by atoms with Crippen LogP contribution in [0.15, 0.2) is 21.7 Å². The number of thioether (sulfide) groups is 1. The van der Waals surface area contributed by atoms with E-state index in [0.717, 1.165) is 4.21 Å². The molecule has 4 nitrogen and oxygen atoms in total. The third-order valence-electron chi connectivity index (χ3n) is 3.30. The molecule has 1 aliphatic rings. The number of rotatable bonds is 4. The monoisotopic (exact) mass is 299 g/mol. The average molecular weight is 299 g/mol. The van der Waals surface area contributed by atoms with Crippen LogP contribution >= 0.6 is 23.1 Å². The summed E-state index contributed by atoms with van der Waals surface area (Å²) in [4.78, 5) is 25.4. The summed E-state index contributed by atoms with van der Waals surface area (Å²) in [5.74, 6) is 0.301. The van der Waals surface area contributed by atoms with E-state index in [1.54, 1.807) is 28.0 Å². The van der Waals surface area contributed by atoms with Crippen molar-refractivity contribution in [2.75, 3.05) is 26.0 Å². The number of carbonyl (C=O) groups is 2. The minimum absolute atomic E-state index is 0.0941. The van der Waals surface area contributed by atoms with E-state index in [9.17, 15) is 9.59 Å². The smallest absolute Gasteiger partial charge is 0.310 e. The molecule has 0 spiro atoms. The Balaban J connectivity index is 1.85. The predicted molar refractivity (Wildman–Crippen MR) is 76.3 cm³/mol. The first-order valence-electron chi connectivity index (χ1n) is 6.13. The van der Waals surface area contributed by atoms with Gasteiger partial charge < -0.3 is 9.64 Å². The van der Waals surface area contributed by atoms with E-state index in [4.69, 9.17) is 4.74 Å². The van der Waals surface area contributed by atoms with E-state index in [-0.39, 0.29) is 23.7 Å². The molecule has 0 radical (unpaired) electrons. The molecule has 1 aromatic rings. The van der Waals surface area contributed by atoms with E-state index in [2.05, 4.69) is 0 Å². The largest absolute Gasteiger partial charge is 0.469 e. The lowest BCUT2D eigenvalue weighted by atomic mass is 9.99. The van der Waals surface area contributed by atoms with Gasteiger partial charge in [-0.3, -0.25) is 9.59 Å². The first-order chi connectivity index (χ1) is 9.11. The summed E-state index contributed by atoms with van der Waals surface area (Å²) in [6, 6.07) is 3.98. The highest BCUT2D eigenvalue weighted by Crippen LogP contribution is 2.27. The van der Waals surface area contributed by atoms with Crippen LogP contribution in [0.2, 0.25) is 0 Å². The van der Waals surface area contributed by atoms with Crippen LogP contribution in [0.5, 0.6) is 0 Å². The minimum atomic E-state index is -0.214. The van der Waals surface area contributed by atoms with Gasteiger partial charge in [0.2, 0.25) is 5.91 Å². The van der Waals surface area contributed by atoms with Gasteiger partial charge in [-0.2, -0.15) is 0 Å². The summed E-state index contributed by atoms with van der Waals surface area (Å²) in [5, 5.41) is 2.00. The van der Waals surface area contributed by atoms with Gasteiger partial charge in [-0.1, -0.05) is 13.0 Å². The number of hydrogen-bond acceptors (Lipinski definition) is 5. The molecule has 0 bridgehead atoms. The Morgan fingerprint density at radius 3 is 2.95 bits per heavy atom. The highest BCUT2D eigenvalue weighted by Gasteiger charge is 2.37. The van der Waals surface area contributed by atoms with Crippen LogP contribution in [0.3, 0.4) is 0 Å². The van der Waals surface area contributed by atoms with Crippen molar-refractivity contribution < 1.29 is 14.3 Å². The van der Waals surface area contributed by atoms with Crippen molar-refractivity contribution in [2.45, 2.75) is 11.1 Å². The number of thiophene rings is 1. The van der Waals surface area contributed by atoms with Crippen molar-refractivity contribution in [1.82, 2.24) is 4.90 Å². The molecule has 2 rings (SSSR count). The Kier molecular flexibility index (Phi) is 4.87. The van der Waals surface area contributed by atoms with Gasteiger partial charge in [0.05, 0.1) is 23.0 Å². The highest BCUT2D eigenvalue weighted by molar-refractivity contribution is 8.01. The van der Waals surface area contributed by atoms with E-state index in [0.29, 0.717) is 18.8 Å². The van der Waals surface area contributed by atoms with E-state index in [1.807, 2.05) is 24.4 Å². The molecule has 1 amide bonds. The van der Waals surface area contributed by atoms with Crippen LogP contribution in [0.4, 0.5) is 0 Å². The van der Waals surface area contributed by atoms with E-state index < -0.39 is 0 Å². The molecule has 2 heterocycles. The topological polar surface area (TPSA) is 46.6 Å². The summed E-state index contributed by atoms with van der Waals surface area (Å²) in [5.41, 5.74) is 0. The van der Waals surface area contributed by atoms with Crippen LogP contribution in [0.1, 0.15) is 6.92 Å². The SMILES string of the molecule is COC(=O)C1CN(C(=O)CSc2cccs2)CC1C. The lowest BCUT2D eigenvalue weighted by Gasteiger charge is -2.15. The number of amides is 1. The number of esters is 1. The lowest BCUT2D eigenvalue weighted by Crippen LogP contribution is -2.31. The molecular formula is C13H17NO3S2. The second-order valence-electron chi connectivity index (χ2n) is 4.63. The third kappa shape index (κ3) is 3.51. The van der Waals surface area contributed by atoms with Crippen molar-refractivity contribution in [2.24, 2.45) is 11.8 Å². The van der Waals surface area contributed by atoms with E-state index >= 15 is 0 Å². The molecule has 0 N–H and O–H groups in total. The molecular weight excluding hydrogens is 282 g/mol. The normalized spacial score (nSPS) is 22.5. The minimum Gasteiger partial charge on any atom is -0.469 e. The summed E-state index contributed by atoms with van der Waals surface area (Å²) < 4.78 is 5.91. The zero-order valence-electron chi connectivity index (χ0n) is 11.0. The maximum atomic E-state index is 12.1. The molecule has 2 atom stereocenters. The highest BCUT2D eigenvalue weighted by atomic mass is 32.2. The molecule has 0 aliphatic carbocycles. The van der Waals surface area contributed by atoms with Crippen molar-refractivity contribution in [3.05, 3.63) is 17.5 Å². The van der Waals surface area contributed by atoms with Gasteiger partial charge in [0.15, 0.2) is 0 Å². The number of methoxy groups -OCH3 is 1.